The monoisotopic (exact) mass is 285 g/mol. The lowest BCUT2D eigenvalue weighted by molar-refractivity contribution is 0.263. The fourth-order valence-electron chi connectivity index (χ4n) is 2.77. The number of methoxy groups -OCH3 is 2. The molecular formula is C16H19N3O2. The number of aromatic nitrogens is 1. The molecule has 1 aliphatic heterocycles. The van der Waals surface area contributed by atoms with E-state index in [0.29, 0.717) is 11.5 Å². The van der Waals surface area contributed by atoms with Crippen molar-refractivity contribution in [2.75, 3.05) is 20.0 Å². The summed E-state index contributed by atoms with van der Waals surface area (Å²) in [6.07, 6.45) is 1.75. The van der Waals surface area contributed by atoms with Gasteiger partial charge in [0.25, 0.3) is 0 Å². The summed E-state index contributed by atoms with van der Waals surface area (Å²) in [6.45, 7) is 2.50. The van der Waals surface area contributed by atoms with Crippen LogP contribution < -0.4 is 15.2 Å². The molecule has 0 fully saturated rings. The van der Waals surface area contributed by atoms with Crippen LogP contribution in [-0.4, -0.2) is 24.1 Å². The minimum absolute atomic E-state index is 0.704. The molecule has 0 bridgehead atoms. The number of nitrogen functional groups attached to an aromatic ring is 1. The minimum Gasteiger partial charge on any atom is -0.493 e. The van der Waals surface area contributed by atoms with Crippen LogP contribution in [0.3, 0.4) is 0 Å². The summed E-state index contributed by atoms with van der Waals surface area (Å²) >= 11 is 0. The lowest BCUT2D eigenvalue weighted by Gasteiger charge is -2.17. The van der Waals surface area contributed by atoms with Crippen LogP contribution in [0.5, 0.6) is 11.5 Å². The van der Waals surface area contributed by atoms with E-state index in [0.717, 1.165) is 31.0 Å². The van der Waals surface area contributed by atoms with Crippen molar-refractivity contribution >= 4 is 5.69 Å². The molecular weight excluding hydrogens is 266 g/mol. The Morgan fingerprint density at radius 3 is 2.71 bits per heavy atom. The van der Waals surface area contributed by atoms with E-state index in [-0.39, 0.29) is 0 Å². The fraction of sp³-hybridized carbons (Fsp3) is 0.312. The zero-order valence-electron chi connectivity index (χ0n) is 12.3. The molecule has 0 saturated carbocycles. The molecule has 0 spiro atoms. The topological polar surface area (TPSA) is 60.6 Å². The van der Waals surface area contributed by atoms with Crippen molar-refractivity contribution in [1.82, 2.24) is 9.88 Å². The van der Waals surface area contributed by atoms with Crippen molar-refractivity contribution in [3.8, 4) is 11.5 Å². The molecule has 1 aliphatic rings. The third-order valence-electron chi connectivity index (χ3n) is 3.76. The van der Waals surface area contributed by atoms with Crippen LogP contribution in [0, 0.1) is 0 Å². The molecule has 1 aromatic carbocycles. The summed E-state index contributed by atoms with van der Waals surface area (Å²) in [5.74, 6) is 1.42. The first-order chi connectivity index (χ1) is 10.2. The van der Waals surface area contributed by atoms with Gasteiger partial charge in [0, 0.05) is 37.6 Å². The van der Waals surface area contributed by atoms with Crippen molar-refractivity contribution in [3.05, 3.63) is 47.3 Å². The summed E-state index contributed by atoms with van der Waals surface area (Å²) in [4.78, 5) is 6.74. The number of pyridine rings is 1. The standard InChI is InChI=1S/C16H19N3O2/c1-20-15-5-6-18-14(16(15)21-2)10-19-8-11-3-4-13(17)7-12(11)9-19/h3-7H,8-10,17H2,1-2H3. The minimum atomic E-state index is 0.704. The van der Waals surface area contributed by atoms with Gasteiger partial charge in [-0.3, -0.25) is 9.88 Å². The molecule has 2 aromatic rings. The van der Waals surface area contributed by atoms with Crippen molar-refractivity contribution < 1.29 is 9.47 Å². The Labute approximate surface area is 124 Å². The second-order valence-electron chi connectivity index (χ2n) is 5.17. The molecule has 110 valence electrons. The molecule has 0 amide bonds. The van der Waals surface area contributed by atoms with E-state index in [1.165, 1.54) is 11.1 Å². The van der Waals surface area contributed by atoms with Crippen LogP contribution in [-0.2, 0) is 19.6 Å². The average molecular weight is 285 g/mol. The maximum Gasteiger partial charge on any atom is 0.183 e. The highest BCUT2D eigenvalue weighted by atomic mass is 16.5. The predicted molar refractivity (Wildman–Crippen MR) is 81.1 cm³/mol. The number of hydrogen-bond acceptors (Lipinski definition) is 5. The molecule has 2 N–H and O–H groups in total. The zero-order chi connectivity index (χ0) is 14.8. The highest BCUT2D eigenvalue weighted by molar-refractivity contribution is 5.46. The van der Waals surface area contributed by atoms with E-state index in [4.69, 9.17) is 15.2 Å². The molecule has 21 heavy (non-hydrogen) atoms. The van der Waals surface area contributed by atoms with E-state index >= 15 is 0 Å². The number of fused-ring (bicyclic) bond motifs is 1. The molecule has 0 unspecified atom stereocenters. The van der Waals surface area contributed by atoms with Gasteiger partial charge in [-0.15, -0.1) is 0 Å². The van der Waals surface area contributed by atoms with E-state index < -0.39 is 0 Å². The smallest absolute Gasteiger partial charge is 0.183 e. The first kappa shape index (κ1) is 13.7. The van der Waals surface area contributed by atoms with E-state index in [9.17, 15) is 0 Å². The Bertz CT molecular complexity index is 658. The van der Waals surface area contributed by atoms with Gasteiger partial charge < -0.3 is 15.2 Å². The molecule has 0 radical (unpaired) electrons. The van der Waals surface area contributed by atoms with Crippen molar-refractivity contribution in [1.29, 1.82) is 0 Å². The van der Waals surface area contributed by atoms with Crippen LogP contribution in [0.2, 0.25) is 0 Å². The zero-order valence-corrected chi connectivity index (χ0v) is 12.3. The summed E-state index contributed by atoms with van der Waals surface area (Å²) in [6, 6.07) is 7.90. The van der Waals surface area contributed by atoms with Crippen LogP contribution >= 0.6 is 0 Å². The van der Waals surface area contributed by atoms with Gasteiger partial charge in [0.2, 0.25) is 0 Å². The first-order valence-corrected chi connectivity index (χ1v) is 6.86. The number of nitrogens with zero attached hydrogens (tertiary/aromatic N) is 2. The largest absolute Gasteiger partial charge is 0.493 e. The Morgan fingerprint density at radius 2 is 1.95 bits per heavy atom. The maximum atomic E-state index is 5.84. The molecule has 0 aliphatic carbocycles. The van der Waals surface area contributed by atoms with Gasteiger partial charge in [-0.05, 0) is 23.3 Å². The van der Waals surface area contributed by atoms with Crippen LogP contribution in [0.1, 0.15) is 16.8 Å². The Balaban J connectivity index is 1.80. The van der Waals surface area contributed by atoms with Gasteiger partial charge >= 0.3 is 0 Å². The third-order valence-corrected chi connectivity index (χ3v) is 3.76. The van der Waals surface area contributed by atoms with Gasteiger partial charge in [0.05, 0.1) is 14.2 Å². The van der Waals surface area contributed by atoms with Crippen LogP contribution in [0.25, 0.3) is 0 Å². The lowest BCUT2D eigenvalue weighted by atomic mass is 10.1. The summed E-state index contributed by atoms with van der Waals surface area (Å²) in [7, 11) is 3.28. The highest BCUT2D eigenvalue weighted by Gasteiger charge is 2.21. The first-order valence-electron chi connectivity index (χ1n) is 6.86. The second kappa shape index (κ2) is 5.61. The normalized spacial score (nSPS) is 14.0. The SMILES string of the molecule is COc1ccnc(CN2Cc3ccc(N)cc3C2)c1OC. The lowest BCUT2D eigenvalue weighted by Crippen LogP contribution is -2.17. The summed E-state index contributed by atoms with van der Waals surface area (Å²) < 4.78 is 10.8. The Kier molecular flexibility index (Phi) is 3.66. The number of anilines is 1. The Morgan fingerprint density at radius 1 is 1.14 bits per heavy atom. The quantitative estimate of drug-likeness (QED) is 0.873. The van der Waals surface area contributed by atoms with Crippen LogP contribution in [0.15, 0.2) is 30.5 Å². The molecule has 1 aromatic heterocycles. The Hall–Kier alpha value is -2.27. The summed E-state index contributed by atoms with van der Waals surface area (Å²) in [5.41, 5.74) is 10.2. The van der Waals surface area contributed by atoms with E-state index in [1.807, 2.05) is 18.2 Å². The highest BCUT2D eigenvalue weighted by Crippen LogP contribution is 2.32. The van der Waals surface area contributed by atoms with E-state index in [1.54, 1.807) is 20.4 Å². The maximum absolute atomic E-state index is 5.84. The average Bonchev–Trinajstić information content (AvgIpc) is 2.88. The van der Waals surface area contributed by atoms with Crippen molar-refractivity contribution in [3.63, 3.8) is 0 Å². The van der Waals surface area contributed by atoms with Crippen molar-refractivity contribution in [2.45, 2.75) is 19.6 Å². The molecule has 3 rings (SSSR count). The second-order valence-corrected chi connectivity index (χ2v) is 5.17. The van der Waals surface area contributed by atoms with Crippen LogP contribution in [0.4, 0.5) is 5.69 Å². The predicted octanol–water partition coefficient (Wildman–Crippen LogP) is 2.20. The molecule has 0 atom stereocenters. The van der Waals surface area contributed by atoms with Gasteiger partial charge in [0.15, 0.2) is 11.5 Å². The van der Waals surface area contributed by atoms with Gasteiger partial charge in [-0.2, -0.15) is 0 Å². The number of ether oxygens (including phenoxy) is 2. The van der Waals surface area contributed by atoms with Gasteiger partial charge in [-0.1, -0.05) is 6.07 Å². The molecule has 5 nitrogen and oxygen atoms in total. The number of rotatable bonds is 4. The molecule has 2 heterocycles. The number of hydrogen-bond donors (Lipinski definition) is 1. The van der Waals surface area contributed by atoms with Gasteiger partial charge in [-0.25, -0.2) is 0 Å². The number of nitrogens with two attached hydrogens (primary N) is 1. The molecule has 5 heteroatoms. The molecule has 0 saturated heterocycles. The van der Waals surface area contributed by atoms with E-state index in [2.05, 4.69) is 16.0 Å². The fourth-order valence-corrected chi connectivity index (χ4v) is 2.77. The van der Waals surface area contributed by atoms with Gasteiger partial charge in [0.1, 0.15) is 5.69 Å². The third kappa shape index (κ3) is 2.64. The summed E-state index contributed by atoms with van der Waals surface area (Å²) in [5, 5.41) is 0. The van der Waals surface area contributed by atoms with Crippen molar-refractivity contribution in [2.24, 2.45) is 0 Å². The number of benzene rings is 1.